The molecule has 2 atom stereocenters. The monoisotopic (exact) mass is 259 g/mol. The predicted octanol–water partition coefficient (Wildman–Crippen LogP) is 5.04. The van der Waals surface area contributed by atoms with Crippen LogP contribution in [0.25, 0.3) is 0 Å². The third-order valence-corrected chi connectivity index (χ3v) is 4.76. The molecule has 0 aromatic heterocycles. The van der Waals surface area contributed by atoms with Crippen molar-refractivity contribution in [1.82, 2.24) is 5.32 Å². The van der Waals surface area contributed by atoms with Gasteiger partial charge in [-0.15, -0.1) is 0 Å². The summed E-state index contributed by atoms with van der Waals surface area (Å²) in [4.78, 5) is 0. The molecule has 1 aliphatic rings. The average Bonchev–Trinajstić information content (AvgIpc) is 2.40. The summed E-state index contributed by atoms with van der Waals surface area (Å²) in [5.41, 5.74) is 2.95. The summed E-state index contributed by atoms with van der Waals surface area (Å²) in [5.74, 6) is 1.64. The highest BCUT2D eigenvalue weighted by Gasteiger charge is 2.22. The molecule has 0 heterocycles. The molecule has 1 heteroatoms. The molecule has 19 heavy (non-hydrogen) atoms. The summed E-state index contributed by atoms with van der Waals surface area (Å²) >= 11 is 0. The minimum Gasteiger partial charge on any atom is -0.310 e. The van der Waals surface area contributed by atoms with Gasteiger partial charge in [0.1, 0.15) is 0 Å². The minimum absolute atomic E-state index is 0.557. The van der Waals surface area contributed by atoms with Crippen molar-refractivity contribution in [2.24, 2.45) is 5.92 Å². The third-order valence-electron chi connectivity index (χ3n) is 4.76. The van der Waals surface area contributed by atoms with Crippen molar-refractivity contribution in [2.45, 2.75) is 64.8 Å². The van der Waals surface area contributed by atoms with Crippen LogP contribution in [0, 0.1) is 5.92 Å². The molecule has 2 rings (SSSR count). The van der Waals surface area contributed by atoms with Crippen LogP contribution in [0.5, 0.6) is 0 Å². The molecule has 0 amide bonds. The Labute approximate surface area is 118 Å². The zero-order valence-electron chi connectivity index (χ0n) is 12.8. The van der Waals surface area contributed by atoms with Crippen molar-refractivity contribution in [3.8, 4) is 0 Å². The maximum atomic E-state index is 3.66. The van der Waals surface area contributed by atoms with E-state index in [4.69, 9.17) is 0 Å². The van der Waals surface area contributed by atoms with E-state index in [9.17, 15) is 0 Å². The second kappa shape index (κ2) is 7.09. The molecule has 106 valence electrons. The first-order chi connectivity index (χ1) is 9.24. The Morgan fingerprint density at radius 1 is 1.11 bits per heavy atom. The summed E-state index contributed by atoms with van der Waals surface area (Å²) in [6.07, 6.45) is 6.85. The van der Waals surface area contributed by atoms with Crippen LogP contribution in [0.1, 0.15) is 76.0 Å². The van der Waals surface area contributed by atoms with Gasteiger partial charge < -0.3 is 5.32 Å². The molecule has 0 aliphatic heterocycles. The SMILES string of the molecule is CCNC(CC1CCC1)c1ccc(C(C)CC)cc1. The number of benzene rings is 1. The molecule has 1 aliphatic carbocycles. The van der Waals surface area contributed by atoms with Crippen molar-refractivity contribution >= 4 is 0 Å². The van der Waals surface area contributed by atoms with Crippen molar-refractivity contribution in [1.29, 1.82) is 0 Å². The van der Waals surface area contributed by atoms with E-state index in [1.807, 2.05) is 0 Å². The number of hydrogen-bond donors (Lipinski definition) is 1. The molecule has 0 spiro atoms. The van der Waals surface area contributed by atoms with E-state index in [2.05, 4.69) is 50.4 Å². The smallest absolute Gasteiger partial charge is 0.0322 e. The minimum atomic E-state index is 0.557. The predicted molar refractivity (Wildman–Crippen MR) is 83.5 cm³/mol. The van der Waals surface area contributed by atoms with Crippen LogP contribution >= 0.6 is 0 Å². The zero-order chi connectivity index (χ0) is 13.7. The number of hydrogen-bond acceptors (Lipinski definition) is 1. The maximum absolute atomic E-state index is 3.66. The van der Waals surface area contributed by atoms with Gasteiger partial charge in [0.25, 0.3) is 0 Å². The van der Waals surface area contributed by atoms with E-state index >= 15 is 0 Å². The fraction of sp³-hybridized carbons (Fsp3) is 0.667. The topological polar surface area (TPSA) is 12.0 Å². The standard InChI is InChI=1S/C18H29N/c1-4-14(3)16-9-11-17(12-10-16)18(19-5-2)13-15-7-6-8-15/h9-12,14-15,18-19H,4-8,13H2,1-3H3. The molecule has 0 saturated heterocycles. The Balaban J connectivity index is 2.03. The summed E-state index contributed by atoms with van der Waals surface area (Å²) < 4.78 is 0. The van der Waals surface area contributed by atoms with Crippen molar-refractivity contribution in [3.05, 3.63) is 35.4 Å². The summed E-state index contributed by atoms with van der Waals surface area (Å²) in [7, 11) is 0. The maximum Gasteiger partial charge on any atom is 0.0322 e. The van der Waals surface area contributed by atoms with E-state index in [-0.39, 0.29) is 0 Å². The van der Waals surface area contributed by atoms with E-state index in [1.165, 1.54) is 43.2 Å². The Morgan fingerprint density at radius 2 is 1.74 bits per heavy atom. The van der Waals surface area contributed by atoms with Crippen LogP contribution in [0.15, 0.2) is 24.3 Å². The molecule has 1 aromatic carbocycles. The van der Waals surface area contributed by atoms with Gasteiger partial charge >= 0.3 is 0 Å². The Hall–Kier alpha value is -0.820. The molecule has 2 unspecified atom stereocenters. The van der Waals surface area contributed by atoms with Gasteiger partial charge in [-0.1, -0.05) is 64.3 Å². The molecular weight excluding hydrogens is 230 g/mol. The first kappa shape index (κ1) is 14.6. The van der Waals surface area contributed by atoms with Crippen LogP contribution in [0.3, 0.4) is 0 Å². The molecule has 1 N–H and O–H groups in total. The Bertz CT molecular complexity index is 364. The van der Waals surface area contributed by atoms with Gasteiger partial charge in [0.05, 0.1) is 0 Å². The van der Waals surface area contributed by atoms with Crippen LogP contribution in [-0.4, -0.2) is 6.54 Å². The Kier molecular flexibility index (Phi) is 5.45. The zero-order valence-corrected chi connectivity index (χ0v) is 12.8. The lowest BCUT2D eigenvalue weighted by molar-refractivity contribution is 0.262. The van der Waals surface area contributed by atoms with Gasteiger partial charge in [0.15, 0.2) is 0 Å². The van der Waals surface area contributed by atoms with Gasteiger partial charge in [-0.05, 0) is 42.3 Å². The lowest BCUT2D eigenvalue weighted by Crippen LogP contribution is -2.25. The van der Waals surface area contributed by atoms with E-state index in [0.717, 1.165) is 12.5 Å². The fourth-order valence-electron chi connectivity index (χ4n) is 2.94. The van der Waals surface area contributed by atoms with Crippen molar-refractivity contribution < 1.29 is 0 Å². The van der Waals surface area contributed by atoms with Gasteiger partial charge in [-0.3, -0.25) is 0 Å². The highest BCUT2D eigenvalue weighted by molar-refractivity contribution is 5.27. The molecule has 0 radical (unpaired) electrons. The third kappa shape index (κ3) is 3.82. The highest BCUT2D eigenvalue weighted by atomic mass is 14.9. The van der Waals surface area contributed by atoms with Gasteiger partial charge in [-0.2, -0.15) is 0 Å². The fourth-order valence-corrected chi connectivity index (χ4v) is 2.94. The van der Waals surface area contributed by atoms with E-state index < -0.39 is 0 Å². The van der Waals surface area contributed by atoms with Crippen LogP contribution in [-0.2, 0) is 0 Å². The Morgan fingerprint density at radius 3 is 2.21 bits per heavy atom. The second-order valence-corrected chi connectivity index (χ2v) is 6.12. The van der Waals surface area contributed by atoms with Crippen molar-refractivity contribution in [3.63, 3.8) is 0 Å². The summed E-state index contributed by atoms with van der Waals surface area (Å²) in [5, 5.41) is 3.66. The first-order valence-corrected chi connectivity index (χ1v) is 8.07. The summed E-state index contributed by atoms with van der Waals surface area (Å²) in [6, 6.07) is 9.89. The lowest BCUT2D eigenvalue weighted by Gasteiger charge is -2.30. The highest BCUT2D eigenvalue weighted by Crippen LogP contribution is 2.35. The van der Waals surface area contributed by atoms with Gasteiger partial charge in [-0.25, -0.2) is 0 Å². The molecule has 1 saturated carbocycles. The lowest BCUT2D eigenvalue weighted by atomic mass is 9.79. The number of nitrogens with one attached hydrogen (secondary N) is 1. The van der Waals surface area contributed by atoms with Crippen molar-refractivity contribution in [2.75, 3.05) is 6.54 Å². The van der Waals surface area contributed by atoms with E-state index in [0.29, 0.717) is 12.0 Å². The van der Waals surface area contributed by atoms with Gasteiger partial charge in [0, 0.05) is 6.04 Å². The average molecular weight is 259 g/mol. The first-order valence-electron chi connectivity index (χ1n) is 8.07. The largest absolute Gasteiger partial charge is 0.310 e. The number of rotatable bonds is 7. The van der Waals surface area contributed by atoms with Crippen LogP contribution in [0.2, 0.25) is 0 Å². The quantitative estimate of drug-likeness (QED) is 0.723. The molecule has 0 bridgehead atoms. The van der Waals surface area contributed by atoms with Gasteiger partial charge in [0.2, 0.25) is 0 Å². The normalized spacial score (nSPS) is 18.9. The van der Waals surface area contributed by atoms with Crippen LogP contribution < -0.4 is 5.32 Å². The second-order valence-electron chi connectivity index (χ2n) is 6.12. The summed E-state index contributed by atoms with van der Waals surface area (Å²) in [6.45, 7) is 7.84. The van der Waals surface area contributed by atoms with Crippen LogP contribution in [0.4, 0.5) is 0 Å². The van der Waals surface area contributed by atoms with E-state index in [1.54, 1.807) is 0 Å². The molecule has 1 fully saturated rings. The molecule has 1 aromatic rings. The molecule has 1 nitrogen and oxygen atoms in total. The molecular formula is C18H29N.